The Bertz CT molecular complexity index is 897. The maximum atomic E-state index is 12.4. The first kappa shape index (κ1) is 18.7. The molecule has 0 saturated heterocycles. The Hall–Kier alpha value is -2.11. The molecule has 0 radical (unpaired) electrons. The summed E-state index contributed by atoms with van der Waals surface area (Å²) in [6, 6.07) is 14.9. The Morgan fingerprint density at radius 2 is 1.69 bits per heavy atom. The molecule has 0 unspecified atom stereocenters. The van der Waals surface area contributed by atoms with E-state index in [1.165, 1.54) is 17.3 Å². The van der Waals surface area contributed by atoms with Crippen LogP contribution in [0.4, 0.5) is 0 Å². The van der Waals surface area contributed by atoms with Crippen LogP contribution in [-0.4, -0.2) is 21.7 Å². The zero-order valence-corrected chi connectivity index (χ0v) is 16.4. The van der Waals surface area contributed by atoms with Crippen LogP contribution in [0.25, 0.3) is 11.5 Å². The fourth-order valence-electron chi connectivity index (χ4n) is 2.34. The largest absolute Gasteiger partial charge is 0.411 e. The number of ketones is 1. The number of rotatable bonds is 5. The van der Waals surface area contributed by atoms with E-state index < -0.39 is 0 Å². The predicted octanol–water partition coefficient (Wildman–Crippen LogP) is 5.66. The number of hydrogen-bond donors (Lipinski definition) is 0. The highest BCUT2D eigenvalue weighted by Crippen LogP contribution is 2.26. The molecule has 0 atom stereocenters. The highest BCUT2D eigenvalue weighted by molar-refractivity contribution is 7.99. The summed E-state index contributed by atoms with van der Waals surface area (Å²) >= 11 is 7.11. The second kappa shape index (κ2) is 7.64. The molecule has 4 nitrogen and oxygen atoms in total. The van der Waals surface area contributed by atoms with E-state index in [0.29, 0.717) is 21.7 Å². The summed E-state index contributed by atoms with van der Waals surface area (Å²) in [5.41, 5.74) is 2.74. The molecule has 26 heavy (non-hydrogen) atoms. The first-order chi connectivity index (χ1) is 12.3. The van der Waals surface area contributed by atoms with Gasteiger partial charge in [0, 0.05) is 16.1 Å². The Balaban J connectivity index is 1.62. The minimum atomic E-state index is 0.0294. The zero-order valence-electron chi connectivity index (χ0n) is 14.8. The van der Waals surface area contributed by atoms with Crippen molar-refractivity contribution in [3.63, 3.8) is 0 Å². The summed E-state index contributed by atoms with van der Waals surface area (Å²) in [6.07, 6.45) is 0. The van der Waals surface area contributed by atoms with Crippen molar-refractivity contribution >= 4 is 29.1 Å². The second-order valence-corrected chi connectivity index (χ2v) is 8.28. The van der Waals surface area contributed by atoms with Gasteiger partial charge in [0.15, 0.2) is 5.78 Å². The van der Waals surface area contributed by atoms with Gasteiger partial charge < -0.3 is 4.42 Å². The van der Waals surface area contributed by atoms with Crippen LogP contribution in [0.15, 0.2) is 58.2 Å². The van der Waals surface area contributed by atoms with Gasteiger partial charge in [0.05, 0.1) is 5.75 Å². The van der Waals surface area contributed by atoms with Crippen LogP contribution in [0.1, 0.15) is 36.7 Å². The van der Waals surface area contributed by atoms with E-state index in [1.54, 1.807) is 12.1 Å². The van der Waals surface area contributed by atoms with Gasteiger partial charge in [-0.1, -0.05) is 68.4 Å². The number of Topliss-reactive ketones (excluding diaryl/α,β-unsaturated/α-hetero) is 1. The van der Waals surface area contributed by atoms with Gasteiger partial charge in [0.2, 0.25) is 5.89 Å². The molecule has 0 saturated carbocycles. The third-order valence-corrected chi connectivity index (χ3v) is 4.97. The van der Waals surface area contributed by atoms with Crippen LogP contribution in [-0.2, 0) is 5.41 Å². The number of halogens is 1. The van der Waals surface area contributed by atoms with Crippen molar-refractivity contribution in [2.45, 2.75) is 31.4 Å². The summed E-state index contributed by atoms with van der Waals surface area (Å²) in [5.74, 6) is 0.685. The topological polar surface area (TPSA) is 56.0 Å². The van der Waals surface area contributed by atoms with Crippen molar-refractivity contribution < 1.29 is 9.21 Å². The average molecular weight is 387 g/mol. The molecular weight excluding hydrogens is 368 g/mol. The minimum Gasteiger partial charge on any atom is -0.411 e. The van der Waals surface area contributed by atoms with Gasteiger partial charge in [-0.25, -0.2) is 0 Å². The van der Waals surface area contributed by atoms with Gasteiger partial charge in [-0.15, -0.1) is 10.2 Å². The molecule has 3 rings (SSSR count). The number of thioether (sulfide) groups is 1. The molecule has 0 aliphatic carbocycles. The van der Waals surface area contributed by atoms with Crippen LogP contribution in [0.3, 0.4) is 0 Å². The van der Waals surface area contributed by atoms with E-state index in [0.717, 1.165) is 5.56 Å². The van der Waals surface area contributed by atoms with E-state index >= 15 is 0 Å². The van der Waals surface area contributed by atoms with Gasteiger partial charge >= 0.3 is 0 Å². The summed E-state index contributed by atoms with van der Waals surface area (Å²) in [4.78, 5) is 12.4. The molecular formula is C20H19ClN2O2S. The normalized spacial score (nSPS) is 11.5. The SMILES string of the molecule is CC(C)(C)c1ccc(C(=O)CSc2nnc(-c3ccc(Cl)cc3)o2)cc1. The molecule has 1 heterocycles. The molecule has 0 N–H and O–H groups in total. The van der Waals surface area contributed by atoms with Gasteiger partial charge in [-0.05, 0) is 35.2 Å². The molecule has 3 aromatic rings. The van der Waals surface area contributed by atoms with E-state index in [9.17, 15) is 4.79 Å². The third-order valence-electron chi connectivity index (χ3n) is 3.90. The number of aromatic nitrogens is 2. The monoisotopic (exact) mass is 386 g/mol. The molecule has 0 bridgehead atoms. The van der Waals surface area contributed by atoms with Gasteiger partial charge in [0.25, 0.3) is 5.22 Å². The lowest BCUT2D eigenvalue weighted by atomic mass is 9.86. The third kappa shape index (κ3) is 4.54. The maximum Gasteiger partial charge on any atom is 0.277 e. The van der Waals surface area contributed by atoms with Gasteiger partial charge in [0.1, 0.15) is 0 Å². The summed E-state index contributed by atoms with van der Waals surface area (Å²) in [5, 5.41) is 9.02. The molecule has 0 aliphatic rings. The number of nitrogens with zero attached hydrogens (tertiary/aromatic N) is 2. The number of carbonyl (C=O) groups is 1. The molecule has 134 valence electrons. The van der Waals surface area contributed by atoms with Crippen molar-refractivity contribution in [3.8, 4) is 11.5 Å². The highest BCUT2D eigenvalue weighted by atomic mass is 35.5. The van der Waals surface area contributed by atoms with Crippen LogP contribution < -0.4 is 0 Å². The fourth-order valence-corrected chi connectivity index (χ4v) is 3.13. The first-order valence-electron chi connectivity index (χ1n) is 8.19. The lowest BCUT2D eigenvalue weighted by molar-refractivity contribution is 0.102. The highest BCUT2D eigenvalue weighted by Gasteiger charge is 2.15. The number of hydrogen-bond acceptors (Lipinski definition) is 5. The van der Waals surface area contributed by atoms with Crippen LogP contribution in [0.2, 0.25) is 5.02 Å². The summed E-state index contributed by atoms with van der Waals surface area (Å²) in [6.45, 7) is 6.44. The number of carbonyl (C=O) groups excluding carboxylic acids is 1. The number of benzene rings is 2. The Morgan fingerprint density at radius 3 is 2.31 bits per heavy atom. The molecule has 0 fully saturated rings. The van der Waals surface area contributed by atoms with Crippen molar-refractivity contribution in [3.05, 3.63) is 64.7 Å². The quantitative estimate of drug-likeness (QED) is 0.418. The standard InChI is InChI=1S/C20H19ClN2O2S/c1-20(2,3)15-8-4-13(5-9-15)17(24)12-26-19-23-22-18(25-19)14-6-10-16(21)11-7-14/h4-11H,12H2,1-3H3. The summed E-state index contributed by atoms with van der Waals surface area (Å²) < 4.78 is 5.61. The lowest BCUT2D eigenvalue weighted by Crippen LogP contribution is -2.11. The smallest absolute Gasteiger partial charge is 0.277 e. The van der Waals surface area contributed by atoms with Crippen molar-refractivity contribution in [2.75, 3.05) is 5.75 Å². The molecule has 6 heteroatoms. The zero-order chi connectivity index (χ0) is 18.7. The van der Waals surface area contributed by atoms with E-state index in [4.69, 9.17) is 16.0 Å². The van der Waals surface area contributed by atoms with E-state index in [1.807, 2.05) is 36.4 Å². The minimum absolute atomic E-state index is 0.0294. The molecule has 0 spiro atoms. The van der Waals surface area contributed by atoms with Gasteiger partial charge in [-0.3, -0.25) is 4.79 Å². The molecule has 0 amide bonds. The van der Waals surface area contributed by atoms with Crippen molar-refractivity contribution in [1.82, 2.24) is 10.2 Å². The van der Waals surface area contributed by atoms with Crippen molar-refractivity contribution in [2.24, 2.45) is 0 Å². The molecule has 0 aliphatic heterocycles. The molecule has 2 aromatic carbocycles. The maximum absolute atomic E-state index is 12.4. The lowest BCUT2D eigenvalue weighted by Gasteiger charge is -2.18. The van der Waals surface area contributed by atoms with Crippen LogP contribution >= 0.6 is 23.4 Å². The molecule has 1 aromatic heterocycles. The predicted molar refractivity (Wildman–Crippen MR) is 105 cm³/mol. The Kier molecular flexibility index (Phi) is 5.49. The van der Waals surface area contributed by atoms with E-state index in [2.05, 4.69) is 31.0 Å². The first-order valence-corrected chi connectivity index (χ1v) is 9.55. The van der Waals surface area contributed by atoms with E-state index in [-0.39, 0.29) is 17.0 Å². The van der Waals surface area contributed by atoms with Gasteiger partial charge in [-0.2, -0.15) is 0 Å². The van der Waals surface area contributed by atoms with Crippen LogP contribution in [0.5, 0.6) is 0 Å². The fraction of sp³-hybridized carbons (Fsp3) is 0.250. The Morgan fingerprint density at radius 1 is 1.04 bits per heavy atom. The average Bonchev–Trinajstić information content (AvgIpc) is 3.08. The summed E-state index contributed by atoms with van der Waals surface area (Å²) in [7, 11) is 0. The second-order valence-electron chi connectivity index (χ2n) is 6.92. The Labute approximate surface area is 162 Å². The van der Waals surface area contributed by atoms with Crippen molar-refractivity contribution in [1.29, 1.82) is 0 Å². The van der Waals surface area contributed by atoms with Crippen LogP contribution in [0, 0.1) is 0 Å².